The number of nitrogens with one attached hydrogen (secondary N) is 1. The number of aromatic amines is 1. The quantitative estimate of drug-likeness (QED) is 0.673. The van der Waals surface area contributed by atoms with Gasteiger partial charge in [0.25, 0.3) is 0 Å². The summed E-state index contributed by atoms with van der Waals surface area (Å²) in [5.41, 5.74) is 1.60. The maximum Gasteiger partial charge on any atom is 0.114 e. The number of rotatable bonds is 4. The minimum atomic E-state index is 0.467. The lowest BCUT2D eigenvalue weighted by Crippen LogP contribution is -1.96. The summed E-state index contributed by atoms with van der Waals surface area (Å²) >= 11 is 0. The summed E-state index contributed by atoms with van der Waals surface area (Å²) in [5.74, 6) is 0. The number of aromatic nitrogens is 3. The minimum absolute atomic E-state index is 0.467. The molecule has 0 radical (unpaired) electrons. The van der Waals surface area contributed by atoms with E-state index in [-0.39, 0.29) is 0 Å². The molecule has 0 aliphatic rings. The molecule has 0 amide bonds. The molecule has 0 aliphatic carbocycles. The van der Waals surface area contributed by atoms with E-state index in [1.54, 1.807) is 14.2 Å². The zero-order valence-electron chi connectivity index (χ0n) is 6.63. The average molecular weight is 157 g/mol. The molecule has 62 valence electrons. The maximum absolute atomic E-state index is 4.90. The van der Waals surface area contributed by atoms with Gasteiger partial charge in [-0.15, -0.1) is 0 Å². The second kappa shape index (κ2) is 4.05. The van der Waals surface area contributed by atoms with E-state index in [9.17, 15) is 0 Å². The van der Waals surface area contributed by atoms with Gasteiger partial charge in [0.2, 0.25) is 0 Å². The highest BCUT2D eigenvalue weighted by molar-refractivity contribution is 5.05. The first-order valence-electron chi connectivity index (χ1n) is 3.25. The van der Waals surface area contributed by atoms with E-state index < -0.39 is 0 Å². The fraction of sp³-hybridized carbons (Fsp3) is 0.667. The highest BCUT2D eigenvalue weighted by Gasteiger charge is 2.05. The highest BCUT2D eigenvalue weighted by Crippen LogP contribution is 2.02. The number of methoxy groups -OCH3 is 2. The molecule has 1 aromatic rings. The molecular weight excluding hydrogens is 146 g/mol. The van der Waals surface area contributed by atoms with Crippen molar-refractivity contribution in [2.75, 3.05) is 14.2 Å². The molecule has 1 aromatic heterocycles. The summed E-state index contributed by atoms with van der Waals surface area (Å²) in [4.78, 5) is 0. The predicted octanol–water partition coefficient (Wildman–Crippen LogP) is 0.0975. The summed E-state index contributed by atoms with van der Waals surface area (Å²) < 4.78 is 9.79. The molecule has 0 saturated heterocycles. The van der Waals surface area contributed by atoms with Gasteiger partial charge in [-0.3, -0.25) is 0 Å². The molecule has 0 spiro atoms. The Labute approximate surface area is 64.7 Å². The van der Waals surface area contributed by atoms with Gasteiger partial charge in [-0.05, 0) is 0 Å². The van der Waals surface area contributed by atoms with E-state index in [2.05, 4.69) is 15.4 Å². The van der Waals surface area contributed by atoms with Crippen LogP contribution in [0.15, 0.2) is 0 Å². The van der Waals surface area contributed by atoms with Crippen LogP contribution in [0, 0.1) is 0 Å². The van der Waals surface area contributed by atoms with Gasteiger partial charge in [0.1, 0.15) is 11.4 Å². The average Bonchev–Trinajstić information content (AvgIpc) is 2.39. The van der Waals surface area contributed by atoms with Crippen LogP contribution in [0.1, 0.15) is 11.4 Å². The Bertz CT molecular complexity index is 191. The topological polar surface area (TPSA) is 60.0 Å². The molecule has 5 nitrogen and oxygen atoms in total. The van der Waals surface area contributed by atoms with Crippen LogP contribution in [0.3, 0.4) is 0 Å². The third-order valence-corrected chi connectivity index (χ3v) is 1.27. The smallest absolute Gasteiger partial charge is 0.114 e. The van der Waals surface area contributed by atoms with Crippen LogP contribution in [0.5, 0.6) is 0 Å². The lowest BCUT2D eigenvalue weighted by atomic mass is 10.3. The van der Waals surface area contributed by atoms with Crippen molar-refractivity contribution in [2.45, 2.75) is 13.2 Å². The molecule has 11 heavy (non-hydrogen) atoms. The largest absolute Gasteiger partial charge is 0.378 e. The number of ether oxygens (including phenoxy) is 2. The van der Waals surface area contributed by atoms with Gasteiger partial charge in [0.15, 0.2) is 0 Å². The van der Waals surface area contributed by atoms with Crippen molar-refractivity contribution in [1.29, 1.82) is 0 Å². The summed E-state index contributed by atoms with van der Waals surface area (Å²) in [5, 5.41) is 10.3. The van der Waals surface area contributed by atoms with E-state index in [1.165, 1.54) is 0 Å². The SMILES string of the molecule is COCc1n[nH]nc1COC. The Kier molecular flexibility index (Phi) is 3.00. The zero-order valence-corrected chi connectivity index (χ0v) is 6.63. The van der Waals surface area contributed by atoms with Crippen LogP contribution >= 0.6 is 0 Å². The van der Waals surface area contributed by atoms with Gasteiger partial charge in [-0.25, -0.2) is 0 Å². The molecule has 0 aromatic carbocycles. The van der Waals surface area contributed by atoms with E-state index >= 15 is 0 Å². The maximum atomic E-state index is 4.90. The number of hydrogen-bond donors (Lipinski definition) is 1. The third-order valence-electron chi connectivity index (χ3n) is 1.27. The minimum Gasteiger partial charge on any atom is -0.378 e. The van der Waals surface area contributed by atoms with Crippen molar-refractivity contribution < 1.29 is 9.47 Å². The van der Waals surface area contributed by atoms with Crippen molar-refractivity contribution >= 4 is 0 Å². The number of nitrogens with zero attached hydrogens (tertiary/aromatic N) is 2. The molecule has 0 bridgehead atoms. The molecule has 0 saturated carbocycles. The van der Waals surface area contributed by atoms with Crippen LogP contribution < -0.4 is 0 Å². The number of hydrogen-bond acceptors (Lipinski definition) is 4. The van der Waals surface area contributed by atoms with E-state index in [1.807, 2.05) is 0 Å². The Morgan fingerprint density at radius 1 is 1.09 bits per heavy atom. The van der Waals surface area contributed by atoms with Gasteiger partial charge in [0, 0.05) is 14.2 Å². The molecule has 5 heteroatoms. The van der Waals surface area contributed by atoms with Gasteiger partial charge in [-0.2, -0.15) is 15.4 Å². The molecule has 1 heterocycles. The second-order valence-electron chi connectivity index (χ2n) is 2.08. The molecule has 0 unspecified atom stereocenters. The lowest BCUT2D eigenvalue weighted by Gasteiger charge is -1.96. The summed E-state index contributed by atoms with van der Waals surface area (Å²) in [6, 6.07) is 0. The third kappa shape index (κ3) is 1.99. The fourth-order valence-electron chi connectivity index (χ4n) is 0.779. The van der Waals surface area contributed by atoms with Crippen molar-refractivity contribution in [3.05, 3.63) is 11.4 Å². The Hall–Kier alpha value is -0.940. The second-order valence-corrected chi connectivity index (χ2v) is 2.08. The number of H-pyrrole nitrogens is 1. The van der Waals surface area contributed by atoms with E-state index in [4.69, 9.17) is 9.47 Å². The Morgan fingerprint density at radius 2 is 1.55 bits per heavy atom. The first-order chi connectivity index (χ1) is 5.38. The van der Waals surface area contributed by atoms with Crippen molar-refractivity contribution in [1.82, 2.24) is 15.4 Å². The molecule has 0 fully saturated rings. The normalized spacial score (nSPS) is 10.4. The monoisotopic (exact) mass is 157 g/mol. The van der Waals surface area contributed by atoms with Crippen molar-refractivity contribution in [2.24, 2.45) is 0 Å². The van der Waals surface area contributed by atoms with Crippen LogP contribution in [0.4, 0.5) is 0 Å². The van der Waals surface area contributed by atoms with E-state index in [0.717, 1.165) is 11.4 Å². The summed E-state index contributed by atoms with van der Waals surface area (Å²) in [6.45, 7) is 0.935. The van der Waals surface area contributed by atoms with Crippen molar-refractivity contribution in [3.63, 3.8) is 0 Å². The van der Waals surface area contributed by atoms with Gasteiger partial charge in [-0.1, -0.05) is 0 Å². The Balaban J connectivity index is 2.62. The molecular formula is C6H11N3O2. The summed E-state index contributed by atoms with van der Waals surface area (Å²) in [7, 11) is 3.23. The highest BCUT2D eigenvalue weighted by atomic mass is 16.5. The van der Waals surface area contributed by atoms with Crippen LogP contribution in [-0.4, -0.2) is 29.6 Å². The first-order valence-corrected chi connectivity index (χ1v) is 3.25. The van der Waals surface area contributed by atoms with E-state index in [0.29, 0.717) is 13.2 Å². The molecule has 0 aliphatic heterocycles. The van der Waals surface area contributed by atoms with Gasteiger partial charge >= 0.3 is 0 Å². The molecule has 0 atom stereocenters. The van der Waals surface area contributed by atoms with Gasteiger partial charge < -0.3 is 9.47 Å². The summed E-state index contributed by atoms with van der Waals surface area (Å²) in [6.07, 6.45) is 0. The van der Waals surface area contributed by atoms with Crippen LogP contribution in [0.25, 0.3) is 0 Å². The standard InChI is InChI=1S/C6H11N3O2/c1-10-3-5-6(4-11-2)8-9-7-5/h3-4H2,1-2H3,(H,7,8,9). The first kappa shape index (κ1) is 8.16. The Morgan fingerprint density at radius 3 is 1.91 bits per heavy atom. The zero-order chi connectivity index (χ0) is 8.10. The predicted molar refractivity (Wildman–Crippen MR) is 37.8 cm³/mol. The lowest BCUT2D eigenvalue weighted by molar-refractivity contribution is 0.164. The van der Waals surface area contributed by atoms with Gasteiger partial charge in [0.05, 0.1) is 13.2 Å². The van der Waals surface area contributed by atoms with Crippen molar-refractivity contribution in [3.8, 4) is 0 Å². The van der Waals surface area contributed by atoms with Crippen LogP contribution in [0.2, 0.25) is 0 Å². The molecule has 1 rings (SSSR count). The fourth-order valence-corrected chi connectivity index (χ4v) is 0.779. The van der Waals surface area contributed by atoms with Crippen LogP contribution in [-0.2, 0) is 22.7 Å². The molecule has 1 N–H and O–H groups in total.